The molecule has 8 nitrogen and oxygen atoms in total. The SMILES string of the molecule is C1CCC(N(C2CCCCC2)C2CCC(c3nnc(C4CCC(c5nnc(C6CCC(N(C7CCCCC7)C7CCCCC7)CC6)o5)CC4)o3)CC2)CC1. The monoisotopic (exact) mass is 743 g/mol. The molecule has 0 saturated heterocycles. The highest BCUT2D eigenvalue weighted by Crippen LogP contribution is 2.45. The lowest BCUT2D eigenvalue weighted by Crippen LogP contribution is -2.51. The Morgan fingerprint density at radius 3 is 0.704 bits per heavy atom. The van der Waals surface area contributed by atoms with Crippen molar-refractivity contribution in [3.63, 3.8) is 0 Å². The summed E-state index contributed by atoms with van der Waals surface area (Å²) in [5.41, 5.74) is 0. The van der Waals surface area contributed by atoms with Gasteiger partial charge < -0.3 is 8.83 Å². The zero-order valence-corrected chi connectivity index (χ0v) is 33.9. The van der Waals surface area contributed by atoms with E-state index in [1.54, 1.807) is 0 Å². The van der Waals surface area contributed by atoms with Crippen LogP contribution < -0.4 is 0 Å². The minimum atomic E-state index is 0.362. The van der Waals surface area contributed by atoms with Crippen LogP contribution in [-0.2, 0) is 0 Å². The average molecular weight is 743 g/mol. The Balaban J connectivity index is 0.748. The first kappa shape index (κ1) is 37.8. The molecule has 0 aliphatic heterocycles. The summed E-state index contributed by atoms with van der Waals surface area (Å²) in [4.78, 5) is 6.15. The molecule has 2 heterocycles. The van der Waals surface area contributed by atoms with Crippen LogP contribution in [0.1, 0.15) is 253 Å². The van der Waals surface area contributed by atoms with Gasteiger partial charge in [0.1, 0.15) is 0 Å². The molecule has 7 aliphatic rings. The van der Waals surface area contributed by atoms with Crippen molar-refractivity contribution in [1.82, 2.24) is 30.2 Å². The molecule has 0 atom stereocenters. The molecule has 0 aromatic carbocycles. The predicted molar refractivity (Wildman–Crippen MR) is 214 cm³/mol. The molecule has 9 rings (SSSR count). The fraction of sp³-hybridized carbons (Fsp3) is 0.913. The fourth-order valence-corrected chi connectivity index (χ4v) is 13.3. The molecule has 2 aromatic heterocycles. The number of hydrogen-bond acceptors (Lipinski definition) is 8. The first-order chi connectivity index (χ1) is 26.8. The maximum atomic E-state index is 6.53. The van der Waals surface area contributed by atoms with Crippen molar-refractivity contribution in [2.75, 3.05) is 0 Å². The van der Waals surface area contributed by atoms with Crippen LogP contribution in [0.2, 0.25) is 0 Å². The standard InChI is InChI=1S/C46H74N6O2/c1-5-13-37(14-6-1)51(38-15-7-2-8-16-38)41-29-25-35(26-30-41)45-49-47-43(53-45)33-21-23-34(24-22-33)44-48-50-46(54-44)36-27-31-42(32-28-36)52(39-17-9-3-10-18-39)40-19-11-4-12-20-40/h33-42H,1-32H2. The van der Waals surface area contributed by atoms with Crippen LogP contribution in [0.3, 0.4) is 0 Å². The summed E-state index contributed by atoms with van der Waals surface area (Å²) in [5.74, 6) is 5.21. The second-order valence-electron chi connectivity index (χ2n) is 19.6. The van der Waals surface area contributed by atoms with Crippen molar-refractivity contribution in [2.24, 2.45) is 0 Å². The summed E-state index contributed by atoms with van der Waals surface area (Å²) in [6, 6.07) is 4.85. The molecule has 0 amide bonds. The lowest BCUT2D eigenvalue weighted by atomic mass is 9.81. The van der Waals surface area contributed by atoms with Gasteiger partial charge in [0.2, 0.25) is 23.6 Å². The molecular weight excluding hydrogens is 669 g/mol. The van der Waals surface area contributed by atoms with Gasteiger partial charge in [-0.3, -0.25) is 9.80 Å². The Morgan fingerprint density at radius 2 is 0.463 bits per heavy atom. The van der Waals surface area contributed by atoms with Crippen LogP contribution in [0.5, 0.6) is 0 Å². The van der Waals surface area contributed by atoms with Crippen molar-refractivity contribution in [1.29, 1.82) is 0 Å². The first-order valence-corrected chi connectivity index (χ1v) is 24.0. The average Bonchev–Trinajstić information content (AvgIpc) is 3.95. The molecule has 0 radical (unpaired) electrons. The number of rotatable bonds is 10. The van der Waals surface area contributed by atoms with E-state index in [-0.39, 0.29) is 0 Å². The highest BCUT2D eigenvalue weighted by molar-refractivity contribution is 5.05. The number of nitrogens with zero attached hydrogens (tertiary/aromatic N) is 6. The Labute approximate surface area is 327 Å². The van der Waals surface area contributed by atoms with Crippen molar-refractivity contribution >= 4 is 0 Å². The summed E-state index contributed by atoms with van der Waals surface area (Å²) >= 11 is 0. The van der Waals surface area contributed by atoms with Gasteiger partial charge in [0.05, 0.1) is 0 Å². The van der Waals surface area contributed by atoms with E-state index < -0.39 is 0 Å². The molecule has 0 bridgehead atoms. The van der Waals surface area contributed by atoms with Crippen molar-refractivity contribution in [2.45, 2.75) is 265 Å². The third-order valence-electron chi connectivity index (χ3n) is 16.3. The Morgan fingerprint density at radius 1 is 0.259 bits per heavy atom. The van der Waals surface area contributed by atoms with E-state index in [1.807, 2.05) is 0 Å². The zero-order valence-electron chi connectivity index (χ0n) is 33.9. The van der Waals surface area contributed by atoms with E-state index in [4.69, 9.17) is 19.0 Å². The highest BCUT2D eigenvalue weighted by Gasteiger charge is 2.40. The summed E-state index contributed by atoms with van der Waals surface area (Å²) in [6.45, 7) is 0. The van der Waals surface area contributed by atoms with Gasteiger partial charge in [0.25, 0.3) is 0 Å². The zero-order chi connectivity index (χ0) is 36.1. The summed E-state index contributed by atoms with van der Waals surface area (Å²) in [5, 5.41) is 18.7. The molecule has 0 N–H and O–H groups in total. The third kappa shape index (κ3) is 8.70. The van der Waals surface area contributed by atoms with Crippen LogP contribution >= 0.6 is 0 Å². The van der Waals surface area contributed by atoms with Crippen molar-refractivity contribution < 1.29 is 8.83 Å². The minimum absolute atomic E-state index is 0.362. The molecule has 300 valence electrons. The van der Waals surface area contributed by atoms with Crippen LogP contribution in [-0.4, -0.2) is 66.4 Å². The van der Waals surface area contributed by atoms with Gasteiger partial charge in [-0.05, 0) is 128 Å². The summed E-state index contributed by atoms with van der Waals surface area (Å²) in [6.07, 6.45) is 43.0. The van der Waals surface area contributed by atoms with E-state index >= 15 is 0 Å². The highest BCUT2D eigenvalue weighted by atomic mass is 16.4. The van der Waals surface area contributed by atoms with Crippen LogP contribution in [0.4, 0.5) is 0 Å². The van der Waals surface area contributed by atoms with Crippen LogP contribution in [0, 0.1) is 0 Å². The molecule has 2 aromatic rings. The normalized spacial score (nSPS) is 33.4. The quantitative estimate of drug-likeness (QED) is 0.238. The lowest BCUT2D eigenvalue weighted by Gasteiger charge is -2.48. The van der Waals surface area contributed by atoms with Crippen LogP contribution in [0.15, 0.2) is 8.83 Å². The molecule has 0 spiro atoms. The Bertz CT molecular complexity index is 1250. The maximum absolute atomic E-state index is 6.53. The molecule has 8 heteroatoms. The summed E-state index contributed by atoms with van der Waals surface area (Å²) < 4.78 is 13.1. The van der Waals surface area contributed by atoms with E-state index in [1.165, 1.54) is 180 Å². The Kier molecular flexibility index (Phi) is 12.7. The predicted octanol–water partition coefficient (Wildman–Crippen LogP) is 11.9. The van der Waals surface area contributed by atoms with Gasteiger partial charge in [0.15, 0.2) is 0 Å². The topological polar surface area (TPSA) is 84.3 Å². The summed E-state index contributed by atoms with van der Waals surface area (Å²) in [7, 11) is 0. The van der Waals surface area contributed by atoms with Gasteiger partial charge in [-0.15, -0.1) is 20.4 Å². The molecule has 7 aliphatic carbocycles. The van der Waals surface area contributed by atoms with E-state index in [9.17, 15) is 0 Å². The lowest BCUT2D eigenvalue weighted by molar-refractivity contribution is 0.0185. The molecule has 0 unspecified atom stereocenters. The molecule has 54 heavy (non-hydrogen) atoms. The van der Waals surface area contributed by atoms with Gasteiger partial charge >= 0.3 is 0 Å². The second kappa shape index (κ2) is 18.2. The van der Waals surface area contributed by atoms with Crippen LogP contribution in [0.25, 0.3) is 0 Å². The van der Waals surface area contributed by atoms with Crippen molar-refractivity contribution in [3.05, 3.63) is 23.6 Å². The maximum Gasteiger partial charge on any atom is 0.219 e. The van der Waals surface area contributed by atoms with Crippen molar-refractivity contribution in [3.8, 4) is 0 Å². The van der Waals surface area contributed by atoms with Gasteiger partial charge in [0, 0.05) is 59.9 Å². The fourth-order valence-electron chi connectivity index (χ4n) is 13.3. The molecule has 7 fully saturated rings. The smallest absolute Gasteiger partial charge is 0.219 e. The second-order valence-corrected chi connectivity index (χ2v) is 19.6. The van der Waals surface area contributed by atoms with Gasteiger partial charge in [-0.2, -0.15) is 0 Å². The molecule has 7 saturated carbocycles. The van der Waals surface area contributed by atoms with E-state index in [0.29, 0.717) is 23.7 Å². The largest absolute Gasteiger partial charge is 0.425 e. The molecular formula is C46H74N6O2. The third-order valence-corrected chi connectivity index (χ3v) is 16.3. The number of aromatic nitrogens is 4. The Hall–Kier alpha value is -1.80. The first-order valence-electron chi connectivity index (χ1n) is 24.0. The van der Waals surface area contributed by atoms with E-state index in [0.717, 1.165) is 85.5 Å². The minimum Gasteiger partial charge on any atom is -0.425 e. The number of hydrogen-bond donors (Lipinski definition) is 0. The van der Waals surface area contributed by atoms with Gasteiger partial charge in [-0.25, -0.2) is 0 Å². The van der Waals surface area contributed by atoms with E-state index in [2.05, 4.69) is 20.0 Å². The van der Waals surface area contributed by atoms with Gasteiger partial charge in [-0.1, -0.05) is 77.0 Å².